The van der Waals surface area contributed by atoms with Crippen LogP contribution in [0.3, 0.4) is 0 Å². The van der Waals surface area contributed by atoms with E-state index in [4.69, 9.17) is 16.3 Å². The highest BCUT2D eigenvalue weighted by atomic mass is 35.5. The summed E-state index contributed by atoms with van der Waals surface area (Å²) in [4.78, 5) is 0. The summed E-state index contributed by atoms with van der Waals surface area (Å²) in [5.74, 6) is -0.279. The van der Waals surface area contributed by atoms with Crippen molar-refractivity contribution in [3.63, 3.8) is 0 Å². The van der Waals surface area contributed by atoms with Gasteiger partial charge < -0.3 is 10.1 Å². The molecule has 0 bridgehead atoms. The van der Waals surface area contributed by atoms with E-state index in [9.17, 15) is 4.39 Å². The van der Waals surface area contributed by atoms with Crippen LogP contribution in [-0.2, 0) is 0 Å². The molecule has 1 aromatic carbocycles. The minimum atomic E-state index is -0.492. The van der Waals surface area contributed by atoms with Crippen molar-refractivity contribution in [3.8, 4) is 5.75 Å². The second kappa shape index (κ2) is 5.93. The first-order valence-electron chi connectivity index (χ1n) is 4.94. The highest BCUT2D eigenvalue weighted by Gasteiger charge is 2.12. The molecule has 15 heavy (non-hydrogen) atoms. The smallest absolute Gasteiger partial charge is 0.183 e. The average Bonchev–Trinajstić information content (AvgIpc) is 2.24. The third kappa shape index (κ3) is 3.36. The molecular formula is C11H15ClFNO. The van der Waals surface area contributed by atoms with Crippen LogP contribution >= 0.6 is 11.6 Å². The van der Waals surface area contributed by atoms with Crippen molar-refractivity contribution in [3.05, 3.63) is 29.0 Å². The molecule has 1 aromatic rings. The number of hydrogen-bond acceptors (Lipinski definition) is 2. The second-order valence-electron chi connectivity index (χ2n) is 3.26. The van der Waals surface area contributed by atoms with Crippen molar-refractivity contribution in [2.45, 2.75) is 19.4 Å². The van der Waals surface area contributed by atoms with Gasteiger partial charge in [0, 0.05) is 6.54 Å². The van der Waals surface area contributed by atoms with E-state index < -0.39 is 5.82 Å². The summed E-state index contributed by atoms with van der Waals surface area (Å²) in [5, 5.41) is 3.08. The van der Waals surface area contributed by atoms with E-state index in [0.717, 1.165) is 6.42 Å². The first-order valence-corrected chi connectivity index (χ1v) is 5.32. The number of likely N-dealkylation sites (N-methyl/N-ethyl adjacent to an activating group) is 1. The molecule has 0 saturated heterocycles. The van der Waals surface area contributed by atoms with Gasteiger partial charge in [-0.25, -0.2) is 4.39 Å². The maximum atomic E-state index is 13.5. The van der Waals surface area contributed by atoms with E-state index in [-0.39, 0.29) is 16.9 Å². The fourth-order valence-corrected chi connectivity index (χ4v) is 1.42. The predicted octanol–water partition coefficient (Wildman–Crippen LogP) is 2.86. The SMILES string of the molecule is CCC(CNC)Oc1cccc(Cl)c1F. The van der Waals surface area contributed by atoms with Gasteiger partial charge in [0.25, 0.3) is 0 Å². The standard InChI is InChI=1S/C11H15ClFNO/c1-3-8(7-14-2)15-10-6-4-5-9(12)11(10)13/h4-6,8,14H,3,7H2,1-2H3. The zero-order valence-electron chi connectivity index (χ0n) is 8.89. The Hall–Kier alpha value is -0.800. The molecule has 1 N–H and O–H groups in total. The van der Waals surface area contributed by atoms with E-state index in [2.05, 4.69) is 5.32 Å². The first kappa shape index (κ1) is 12.3. The Morgan fingerprint density at radius 3 is 2.87 bits per heavy atom. The average molecular weight is 232 g/mol. The van der Waals surface area contributed by atoms with Gasteiger partial charge in [-0.3, -0.25) is 0 Å². The summed E-state index contributed by atoms with van der Waals surface area (Å²) < 4.78 is 19.0. The lowest BCUT2D eigenvalue weighted by atomic mass is 10.2. The minimum Gasteiger partial charge on any atom is -0.486 e. The number of hydrogen-bond donors (Lipinski definition) is 1. The third-order valence-corrected chi connectivity index (χ3v) is 2.39. The summed E-state index contributed by atoms with van der Waals surface area (Å²) in [7, 11) is 1.83. The highest BCUT2D eigenvalue weighted by Crippen LogP contribution is 2.25. The summed E-state index contributed by atoms with van der Waals surface area (Å²) in [5.41, 5.74) is 0. The van der Waals surface area contributed by atoms with Crippen LogP contribution in [0.1, 0.15) is 13.3 Å². The third-order valence-electron chi connectivity index (χ3n) is 2.10. The van der Waals surface area contributed by atoms with Crippen LogP contribution in [0, 0.1) is 5.82 Å². The summed E-state index contributed by atoms with van der Waals surface area (Å²) in [6, 6.07) is 4.76. The Kier molecular flexibility index (Phi) is 4.85. The molecule has 0 radical (unpaired) electrons. The lowest BCUT2D eigenvalue weighted by Gasteiger charge is -2.17. The number of nitrogens with one attached hydrogen (secondary N) is 1. The second-order valence-corrected chi connectivity index (χ2v) is 3.66. The molecule has 0 aliphatic rings. The Bertz CT molecular complexity index is 319. The van der Waals surface area contributed by atoms with Gasteiger partial charge in [-0.2, -0.15) is 0 Å². The van der Waals surface area contributed by atoms with Gasteiger partial charge in [-0.1, -0.05) is 24.6 Å². The van der Waals surface area contributed by atoms with Gasteiger partial charge in [0.1, 0.15) is 6.10 Å². The monoisotopic (exact) mass is 231 g/mol. The minimum absolute atomic E-state index is 0.0389. The maximum absolute atomic E-state index is 13.5. The summed E-state index contributed by atoms with van der Waals surface area (Å²) >= 11 is 5.65. The Labute approximate surface area is 94.4 Å². The van der Waals surface area contributed by atoms with Crippen molar-refractivity contribution in [1.82, 2.24) is 5.32 Å². The lowest BCUT2D eigenvalue weighted by Crippen LogP contribution is -2.28. The van der Waals surface area contributed by atoms with Crippen LogP contribution in [-0.4, -0.2) is 19.7 Å². The summed E-state index contributed by atoms with van der Waals surface area (Å²) in [6.07, 6.45) is 0.773. The largest absolute Gasteiger partial charge is 0.486 e. The number of benzene rings is 1. The maximum Gasteiger partial charge on any atom is 0.183 e. The Morgan fingerprint density at radius 2 is 2.27 bits per heavy atom. The van der Waals surface area contributed by atoms with Gasteiger partial charge in [0.05, 0.1) is 5.02 Å². The van der Waals surface area contributed by atoms with Crippen LogP contribution in [0.4, 0.5) is 4.39 Å². The van der Waals surface area contributed by atoms with Gasteiger partial charge in [-0.15, -0.1) is 0 Å². The fourth-order valence-electron chi connectivity index (χ4n) is 1.25. The van der Waals surface area contributed by atoms with E-state index in [1.54, 1.807) is 12.1 Å². The highest BCUT2D eigenvalue weighted by molar-refractivity contribution is 6.30. The molecule has 0 aromatic heterocycles. The van der Waals surface area contributed by atoms with Crippen LogP contribution < -0.4 is 10.1 Å². The predicted molar refractivity (Wildman–Crippen MR) is 60.0 cm³/mol. The zero-order valence-corrected chi connectivity index (χ0v) is 9.64. The van der Waals surface area contributed by atoms with E-state index in [1.165, 1.54) is 6.07 Å². The quantitative estimate of drug-likeness (QED) is 0.842. The Balaban J connectivity index is 2.74. The molecule has 1 rings (SSSR count). The molecule has 0 spiro atoms. The van der Waals surface area contributed by atoms with Gasteiger partial charge >= 0.3 is 0 Å². The molecule has 2 nitrogen and oxygen atoms in total. The molecule has 0 aliphatic carbocycles. The first-order chi connectivity index (χ1) is 7.19. The molecule has 0 saturated carbocycles. The number of rotatable bonds is 5. The van der Waals surface area contributed by atoms with Crippen molar-refractivity contribution >= 4 is 11.6 Å². The van der Waals surface area contributed by atoms with Gasteiger partial charge in [-0.05, 0) is 25.6 Å². The van der Waals surface area contributed by atoms with Crippen molar-refractivity contribution < 1.29 is 9.13 Å². The van der Waals surface area contributed by atoms with Crippen LogP contribution in [0.25, 0.3) is 0 Å². The molecule has 1 unspecified atom stereocenters. The Morgan fingerprint density at radius 1 is 1.53 bits per heavy atom. The normalized spacial score (nSPS) is 12.5. The summed E-state index contributed by atoms with van der Waals surface area (Å²) in [6.45, 7) is 2.67. The van der Waals surface area contributed by atoms with Crippen molar-refractivity contribution in [1.29, 1.82) is 0 Å². The van der Waals surface area contributed by atoms with Crippen molar-refractivity contribution in [2.75, 3.05) is 13.6 Å². The molecule has 0 fully saturated rings. The molecule has 0 amide bonds. The van der Waals surface area contributed by atoms with Crippen LogP contribution in [0.5, 0.6) is 5.75 Å². The molecule has 1 atom stereocenters. The molecule has 0 heterocycles. The molecule has 84 valence electrons. The lowest BCUT2D eigenvalue weighted by molar-refractivity contribution is 0.188. The van der Waals surface area contributed by atoms with Gasteiger partial charge in [0.2, 0.25) is 0 Å². The van der Waals surface area contributed by atoms with Crippen molar-refractivity contribution in [2.24, 2.45) is 0 Å². The molecule has 0 aliphatic heterocycles. The molecule has 4 heteroatoms. The zero-order chi connectivity index (χ0) is 11.3. The fraction of sp³-hybridized carbons (Fsp3) is 0.455. The topological polar surface area (TPSA) is 21.3 Å². The van der Waals surface area contributed by atoms with Crippen LogP contribution in [0.2, 0.25) is 5.02 Å². The van der Waals surface area contributed by atoms with E-state index >= 15 is 0 Å². The van der Waals surface area contributed by atoms with Gasteiger partial charge in [0.15, 0.2) is 11.6 Å². The number of halogens is 2. The van der Waals surface area contributed by atoms with E-state index in [1.807, 2.05) is 14.0 Å². The molecular weight excluding hydrogens is 217 g/mol. The van der Waals surface area contributed by atoms with E-state index in [0.29, 0.717) is 6.54 Å². The van der Waals surface area contributed by atoms with Crippen LogP contribution in [0.15, 0.2) is 18.2 Å². The number of ether oxygens (including phenoxy) is 1.